The van der Waals surface area contributed by atoms with Gasteiger partial charge in [-0.25, -0.2) is 13.4 Å². The van der Waals surface area contributed by atoms with E-state index in [-0.39, 0.29) is 22.6 Å². The molecule has 2 heterocycles. The normalized spacial score (nSPS) is 13.5. The Bertz CT molecular complexity index is 1230. The van der Waals surface area contributed by atoms with Gasteiger partial charge < -0.3 is 20.5 Å². The van der Waals surface area contributed by atoms with Crippen LogP contribution in [0.1, 0.15) is 19.0 Å². The molecule has 3 N–H and O–H groups in total. The average Bonchev–Trinajstić information content (AvgIpc) is 3.42. The van der Waals surface area contributed by atoms with Crippen molar-refractivity contribution in [2.24, 2.45) is 5.73 Å². The maximum absolute atomic E-state index is 13.4. The first-order valence-electron chi connectivity index (χ1n) is 11.4. The van der Waals surface area contributed by atoms with E-state index in [9.17, 15) is 18.0 Å². The number of nitrogens with two attached hydrogens (primary N) is 1. The molecule has 0 radical (unpaired) electrons. The summed E-state index contributed by atoms with van der Waals surface area (Å²) in [7, 11) is -3.77. The molecule has 1 aliphatic heterocycles. The zero-order valence-electron chi connectivity index (χ0n) is 19.9. The Balaban J connectivity index is 0.000000658. The van der Waals surface area contributed by atoms with E-state index in [1.807, 2.05) is 24.3 Å². The fourth-order valence-electron chi connectivity index (χ4n) is 3.55. The summed E-state index contributed by atoms with van der Waals surface area (Å²) >= 11 is 3.89. The SMILES string of the molecule is CCC(N)=O.O=C(S)N1CCN(c2ccc(N(Cc3cnc[nH]3)S(=O)(=O)c3ccccc3)cc2)CC1. The number of amides is 2. The highest BCUT2D eigenvalue weighted by Crippen LogP contribution is 2.28. The Morgan fingerprint density at radius 3 is 2.17 bits per heavy atom. The topological polar surface area (TPSA) is 133 Å². The van der Waals surface area contributed by atoms with Crippen LogP contribution in [0.15, 0.2) is 72.0 Å². The van der Waals surface area contributed by atoms with Crippen molar-refractivity contribution in [1.29, 1.82) is 0 Å². The van der Waals surface area contributed by atoms with Gasteiger partial charge in [0.1, 0.15) is 0 Å². The first kappa shape index (κ1) is 27.1. The van der Waals surface area contributed by atoms with Crippen LogP contribution in [-0.2, 0) is 21.4 Å². The molecular weight excluding hydrogens is 500 g/mol. The number of hydrogen-bond donors (Lipinski definition) is 3. The summed E-state index contributed by atoms with van der Waals surface area (Å²) in [5.74, 6) is -0.245. The highest BCUT2D eigenvalue weighted by atomic mass is 32.2. The molecule has 2 amide bonds. The smallest absolute Gasteiger partial charge is 0.278 e. The van der Waals surface area contributed by atoms with Crippen molar-refractivity contribution in [3.8, 4) is 0 Å². The minimum atomic E-state index is -3.77. The lowest BCUT2D eigenvalue weighted by molar-refractivity contribution is -0.117. The maximum Gasteiger partial charge on any atom is 0.278 e. The molecule has 10 nitrogen and oxygen atoms in total. The first-order valence-corrected chi connectivity index (χ1v) is 13.3. The predicted molar refractivity (Wildman–Crippen MR) is 142 cm³/mol. The average molecular weight is 531 g/mol. The second-order valence-electron chi connectivity index (χ2n) is 7.99. The van der Waals surface area contributed by atoms with Crippen molar-refractivity contribution >= 4 is 45.2 Å². The molecule has 1 aliphatic rings. The van der Waals surface area contributed by atoms with Gasteiger partial charge in [0.05, 0.1) is 29.1 Å². The predicted octanol–water partition coefficient (Wildman–Crippen LogP) is 2.86. The fraction of sp³-hybridized carbons (Fsp3) is 0.292. The Morgan fingerprint density at radius 1 is 1.06 bits per heavy atom. The summed E-state index contributed by atoms with van der Waals surface area (Å²) in [5.41, 5.74) is 6.89. The number of thiol groups is 1. The van der Waals surface area contributed by atoms with Gasteiger partial charge in [-0.3, -0.25) is 13.9 Å². The molecule has 4 rings (SSSR count). The number of carbonyl (C=O) groups excluding carboxylic acids is 2. The Hall–Kier alpha value is -3.51. The summed E-state index contributed by atoms with van der Waals surface area (Å²) in [6, 6.07) is 15.8. The van der Waals surface area contributed by atoms with Gasteiger partial charge in [0.25, 0.3) is 15.3 Å². The van der Waals surface area contributed by atoms with Gasteiger partial charge in [-0.15, -0.1) is 0 Å². The van der Waals surface area contributed by atoms with Gasteiger partial charge in [-0.2, -0.15) is 0 Å². The Labute approximate surface area is 216 Å². The van der Waals surface area contributed by atoms with Crippen LogP contribution in [0.25, 0.3) is 0 Å². The summed E-state index contributed by atoms with van der Waals surface area (Å²) < 4.78 is 28.1. The van der Waals surface area contributed by atoms with Gasteiger partial charge >= 0.3 is 0 Å². The maximum atomic E-state index is 13.4. The zero-order valence-corrected chi connectivity index (χ0v) is 21.7. The van der Waals surface area contributed by atoms with Crippen molar-refractivity contribution in [2.75, 3.05) is 35.4 Å². The van der Waals surface area contributed by atoms with Gasteiger partial charge in [0, 0.05) is 44.5 Å². The van der Waals surface area contributed by atoms with Crippen LogP contribution >= 0.6 is 12.6 Å². The molecule has 0 saturated carbocycles. The minimum absolute atomic E-state index is 0.138. The molecule has 36 heavy (non-hydrogen) atoms. The van der Waals surface area contributed by atoms with Crippen molar-refractivity contribution in [3.05, 3.63) is 72.8 Å². The van der Waals surface area contributed by atoms with E-state index in [0.29, 0.717) is 44.0 Å². The number of hydrogen-bond acceptors (Lipinski definition) is 6. The lowest BCUT2D eigenvalue weighted by Crippen LogP contribution is -2.47. The fourth-order valence-corrected chi connectivity index (χ4v) is 5.21. The largest absolute Gasteiger partial charge is 0.370 e. The van der Waals surface area contributed by atoms with Crippen LogP contribution in [0, 0.1) is 0 Å². The number of rotatable bonds is 7. The van der Waals surface area contributed by atoms with E-state index >= 15 is 0 Å². The molecular formula is C24H30N6O4S2. The van der Waals surface area contributed by atoms with Gasteiger partial charge in [0.15, 0.2) is 0 Å². The van der Waals surface area contributed by atoms with Gasteiger partial charge in [-0.1, -0.05) is 37.8 Å². The monoisotopic (exact) mass is 530 g/mol. The summed E-state index contributed by atoms with van der Waals surface area (Å²) in [5, 5.41) is -0.212. The third kappa shape index (κ3) is 7.01. The van der Waals surface area contributed by atoms with E-state index in [1.54, 1.807) is 48.4 Å². The summed E-state index contributed by atoms with van der Waals surface area (Å²) in [6.45, 7) is 4.48. The van der Waals surface area contributed by atoms with Gasteiger partial charge in [-0.05, 0) is 36.4 Å². The molecule has 1 saturated heterocycles. The molecule has 0 aliphatic carbocycles. The number of benzene rings is 2. The first-order chi connectivity index (χ1) is 17.2. The van der Waals surface area contributed by atoms with E-state index in [0.717, 1.165) is 5.69 Å². The lowest BCUT2D eigenvalue weighted by Gasteiger charge is -2.35. The molecule has 1 aromatic heterocycles. The second-order valence-corrected chi connectivity index (χ2v) is 10.2. The van der Waals surface area contributed by atoms with Gasteiger partial charge in [0.2, 0.25) is 5.91 Å². The van der Waals surface area contributed by atoms with Crippen LogP contribution in [0.4, 0.5) is 16.2 Å². The molecule has 192 valence electrons. The number of H-pyrrole nitrogens is 1. The molecule has 1 fully saturated rings. The minimum Gasteiger partial charge on any atom is -0.370 e. The summed E-state index contributed by atoms with van der Waals surface area (Å²) in [6.07, 6.45) is 3.59. The number of aromatic amines is 1. The summed E-state index contributed by atoms with van der Waals surface area (Å²) in [4.78, 5) is 32.1. The Morgan fingerprint density at radius 2 is 1.67 bits per heavy atom. The van der Waals surface area contributed by atoms with Crippen LogP contribution in [0.3, 0.4) is 0 Å². The molecule has 2 aromatic carbocycles. The van der Waals surface area contributed by atoms with Crippen molar-refractivity contribution in [1.82, 2.24) is 14.9 Å². The highest BCUT2D eigenvalue weighted by Gasteiger charge is 2.26. The number of primary amides is 1. The molecule has 0 unspecified atom stereocenters. The third-order valence-corrected chi connectivity index (χ3v) is 7.67. The van der Waals surface area contributed by atoms with Crippen LogP contribution in [0.2, 0.25) is 0 Å². The number of anilines is 2. The number of imidazole rings is 1. The van der Waals surface area contributed by atoms with Crippen LogP contribution in [0.5, 0.6) is 0 Å². The number of sulfonamides is 1. The van der Waals surface area contributed by atoms with E-state index in [4.69, 9.17) is 0 Å². The van der Waals surface area contributed by atoms with E-state index in [1.165, 1.54) is 10.6 Å². The molecule has 0 bridgehead atoms. The van der Waals surface area contributed by atoms with E-state index in [2.05, 4.69) is 33.2 Å². The number of nitrogens with zero attached hydrogens (tertiary/aromatic N) is 4. The number of piperazine rings is 1. The number of aromatic nitrogens is 2. The van der Waals surface area contributed by atoms with E-state index < -0.39 is 10.0 Å². The van der Waals surface area contributed by atoms with Crippen LogP contribution in [-0.4, -0.2) is 60.6 Å². The number of carbonyl (C=O) groups is 2. The van der Waals surface area contributed by atoms with Crippen LogP contribution < -0.4 is 14.9 Å². The quantitative estimate of drug-likeness (QED) is 0.403. The second kappa shape index (κ2) is 12.5. The Kier molecular flexibility index (Phi) is 9.37. The molecule has 3 aromatic rings. The van der Waals surface area contributed by atoms with Crippen molar-refractivity contribution in [3.63, 3.8) is 0 Å². The lowest BCUT2D eigenvalue weighted by atomic mass is 10.2. The highest BCUT2D eigenvalue weighted by molar-refractivity contribution is 7.96. The third-order valence-electron chi connectivity index (χ3n) is 5.60. The molecule has 0 spiro atoms. The van der Waals surface area contributed by atoms with Crippen molar-refractivity contribution < 1.29 is 18.0 Å². The standard InChI is InChI=1S/C21H23N5O3S2.C3H7NO/c27-21(30)25-12-10-24(11-13-25)18-6-8-19(9-7-18)26(15-17-14-22-16-23-17)31(28,29)20-4-2-1-3-5-20;1-2-3(4)5/h1-9,14,16H,10-13,15H2,(H,22,23)(H,27,30);2H2,1H3,(H2,4,5). The molecule has 0 atom stereocenters. The van der Waals surface area contributed by atoms with Crippen molar-refractivity contribution in [2.45, 2.75) is 24.8 Å². The molecule has 12 heteroatoms. The number of nitrogens with one attached hydrogen (secondary N) is 1. The zero-order chi connectivity index (χ0) is 26.1.